The van der Waals surface area contributed by atoms with Crippen LogP contribution in [0.5, 0.6) is 23.0 Å². The largest absolute Gasteiger partial charge is 0.493 e. The fourth-order valence-electron chi connectivity index (χ4n) is 5.94. The molecule has 0 radical (unpaired) electrons. The number of carbonyl (C=O) groups excluding carboxylic acids is 3. The Hall–Kier alpha value is -6.71. The molecule has 5 aromatic carbocycles. The van der Waals surface area contributed by atoms with Crippen molar-refractivity contribution >= 4 is 24.0 Å². The predicted molar refractivity (Wildman–Crippen MR) is 224 cm³/mol. The summed E-state index contributed by atoms with van der Waals surface area (Å²) in [5.74, 6) is 0.917. The zero-order valence-corrected chi connectivity index (χ0v) is 32.9. The molecule has 0 aromatic heterocycles. The van der Waals surface area contributed by atoms with E-state index in [-0.39, 0.29) is 22.9 Å². The first-order chi connectivity index (χ1) is 27.9. The van der Waals surface area contributed by atoms with Gasteiger partial charge in [-0.1, -0.05) is 73.8 Å². The fraction of sp³-hybridized carbons (Fsp3) is 0.204. The van der Waals surface area contributed by atoms with Gasteiger partial charge >= 0.3 is 17.9 Å². The van der Waals surface area contributed by atoms with Crippen LogP contribution in [0.3, 0.4) is 0 Å². The molecule has 9 heteroatoms. The first-order valence-electron chi connectivity index (χ1n) is 19.1. The van der Waals surface area contributed by atoms with E-state index in [1.54, 1.807) is 51.1 Å². The number of aliphatic hydroxyl groups is 1. The summed E-state index contributed by atoms with van der Waals surface area (Å²) in [6.45, 7) is 12.9. The standard InChI is InChI=1S/C49H46O9/c1-31(2)47(51)55-28-6-27-54-45-24-20-40(30-43(45)38-16-17-38)37-14-12-36(13-15-37)35-10-7-34(8-11-35)9-26-46(50)58-44-25-23-42(29-33(44)5)57-49(53)39-18-21-41(22-19-39)56-48(52)32(3)4/h7-15,18-26,29-30,38,46,50H,1,3,6,16-17,27-28H2,2,4-5H3/b26-9+. The summed E-state index contributed by atoms with van der Waals surface area (Å²) < 4.78 is 27.7. The molecule has 1 aliphatic rings. The number of aliphatic hydroxyl groups excluding tert-OH is 1. The minimum absolute atomic E-state index is 0.268. The lowest BCUT2D eigenvalue weighted by atomic mass is 9.97. The van der Waals surface area contributed by atoms with E-state index in [2.05, 4.69) is 49.6 Å². The van der Waals surface area contributed by atoms with E-state index in [1.807, 2.05) is 30.3 Å². The quantitative estimate of drug-likeness (QED) is 0.0324. The van der Waals surface area contributed by atoms with Crippen LogP contribution < -0.4 is 18.9 Å². The maximum atomic E-state index is 12.7. The number of carbonyl (C=O) groups is 3. The first-order valence-corrected chi connectivity index (χ1v) is 19.1. The fourth-order valence-corrected chi connectivity index (χ4v) is 5.94. The number of aryl methyl sites for hydroxylation is 1. The number of hydrogen-bond donors (Lipinski definition) is 1. The molecule has 1 fully saturated rings. The summed E-state index contributed by atoms with van der Waals surface area (Å²) >= 11 is 0. The molecule has 1 aliphatic carbocycles. The van der Waals surface area contributed by atoms with Crippen LogP contribution in [-0.2, 0) is 14.3 Å². The SMILES string of the molecule is C=C(C)C(=O)OCCCOc1ccc(-c2ccc(-c3ccc(/C=C/C(O)Oc4ccc(OC(=O)c5ccc(OC(=O)C(=C)C)cc5)cc4C)cc3)cc2)cc1C1CC1. The molecule has 0 bridgehead atoms. The molecule has 0 saturated heterocycles. The smallest absolute Gasteiger partial charge is 0.343 e. The van der Waals surface area contributed by atoms with Crippen molar-refractivity contribution in [2.75, 3.05) is 13.2 Å². The zero-order chi connectivity index (χ0) is 41.2. The van der Waals surface area contributed by atoms with Crippen LogP contribution in [-0.4, -0.2) is 42.5 Å². The normalized spacial score (nSPS) is 12.7. The number of esters is 3. The molecule has 1 N–H and O–H groups in total. The van der Waals surface area contributed by atoms with Gasteiger partial charge in [0.25, 0.3) is 0 Å². The first kappa shape index (κ1) is 40.9. The molecule has 1 saturated carbocycles. The highest BCUT2D eigenvalue weighted by molar-refractivity contribution is 5.92. The summed E-state index contributed by atoms with van der Waals surface area (Å²) in [6, 6.07) is 33.7. The molecular weight excluding hydrogens is 733 g/mol. The lowest BCUT2D eigenvalue weighted by Crippen LogP contribution is -2.13. The van der Waals surface area contributed by atoms with E-state index in [4.69, 9.17) is 23.7 Å². The average molecular weight is 779 g/mol. The highest BCUT2D eigenvalue weighted by atomic mass is 16.6. The van der Waals surface area contributed by atoms with E-state index in [1.165, 1.54) is 29.8 Å². The Morgan fingerprint density at radius 2 is 1.29 bits per heavy atom. The lowest BCUT2D eigenvalue weighted by molar-refractivity contribution is -0.139. The zero-order valence-electron chi connectivity index (χ0n) is 32.9. The molecule has 1 atom stereocenters. The van der Waals surface area contributed by atoms with Crippen LogP contribution >= 0.6 is 0 Å². The molecule has 9 nitrogen and oxygen atoms in total. The molecular formula is C49H46O9. The van der Waals surface area contributed by atoms with Crippen molar-refractivity contribution in [2.45, 2.75) is 52.2 Å². The van der Waals surface area contributed by atoms with Crippen molar-refractivity contribution in [1.82, 2.24) is 0 Å². The van der Waals surface area contributed by atoms with Gasteiger partial charge in [0.15, 0.2) is 0 Å². The van der Waals surface area contributed by atoms with E-state index in [9.17, 15) is 19.5 Å². The second-order valence-electron chi connectivity index (χ2n) is 14.2. The molecule has 58 heavy (non-hydrogen) atoms. The third kappa shape index (κ3) is 11.2. The third-order valence-electron chi connectivity index (χ3n) is 9.32. The Bertz CT molecular complexity index is 2320. The molecule has 0 heterocycles. The van der Waals surface area contributed by atoms with Gasteiger partial charge in [0.05, 0.1) is 18.8 Å². The minimum Gasteiger partial charge on any atom is -0.493 e. The van der Waals surface area contributed by atoms with Crippen LogP contribution in [0, 0.1) is 6.92 Å². The predicted octanol–water partition coefficient (Wildman–Crippen LogP) is 10.2. The Labute approximate surface area is 338 Å². The number of rotatable bonds is 17. The Balaban J connectivity index is 0.992. The van der Waals surface area contributed by atoms with Crippen molar-refractivity contribution in [2.24, 2.45) is 0 Å². The summed E-state index contributed by atoms with van der Waals surface area (Å²) in [7, 11) is 0. The summed E-state index contributed by atoms with van der Waals surface area (Å²) in [5.41, 5.74) is 8.12. The van der Waals surface area contributed by atoms with Crippen molar-refractivity contribution in [3.8, 4) is 45.3 Å². The van der Waals surface area contributed by atoms with E-state index >= 15 is 0 Å². The molecule has 6 rings (SSSR count). The lowest BCUT2D eigenvalue weighted by Gasteiger charge is -2.14. The van der Waals surface area contributed by atoms with E-state index in [0.29, 0.717) is 48.2 Å². The van der Waals surface area contributed by atoms with Crippen LogP contribution in [0.2, 0.25) is 0 Å². The maximum absolute atomic E-state index is 12.7. The van der Waals surface area contributed by atoms with Gasteiger partial charge in [0.1, 0.15) is 23.0 Å². The molecule has 1 unspecified atom stereocenters. The number of ether oxygens (including phenoxy) is 5. The van der Waals surface area contributed by atoms with Gasteiger partial charge in [-0.05, 0) is 139 Å². The summed E-state index contributed by atoms with van der Waals surface area (Å²) in [5, 5.41) is 10.6. The molecule has 0 spiro atoms. The van der Waals surface area contributed by atoms with Gasteiger partial charge in [-0.2, -0.15) is 0 Å². The maximum Gasteiger partial charge on any atom is 0.343 e. The van der Waals surface area contributed by atoms with Gasteiger partial charge in [0, 0.05) is 17.6 Å². The van der Waals surface area contributed by atoms with Gasteiger partial charge in [-0.25, -0.2) is 14.4 Å². The number of hydrogen-bond acceptors (Lipinski definition) is 9. The molecule has 296 valence electrons. The van der Waals surface area contributed by atoms with Crippen LogP contribution in [0.25, 0.3) is 28.3 Å². The van der Waals surface area contributed by atoms with Crippen LogP contribution in [0.4, 0.5) is 0 Å². The summed E-state index contributed by atoms with van der Waals surface area (Å²) in [6.07, 6.45) is 5.05. The topological polar surface area (TPSA) is 118 Å². The average Bonchev–Trinajstić information content (AvgIpc) is 4.07. The van der Waals surface area contributed by atoms with Crippen LogP contribution in [0.1, 0.15) is 66.1 Å². The van der Waals surface area contributed by atoms with Crippen molar-refractivity contribution < 1.29 is 43.2 Å². The third-order valence-corrected chi connectivity index (χ3v) is 9.32. The van der Waals surface area contributed by atoms with E-state index in [0.717, 1.165) is 46.4 Å². The Morgan fingerprint density at radius 3 is 1.91 bits per heavy atom. The Kier molecular flexibility index (Phi) is 13.4. The van der Waals surface area contributed by atoms with Gasteiger partial charge < -0.3 is 28.8 Å². The van der Waals surface area contributed by atoms with Crippen molar-refractivity contribution in [3.05, 3.63) is 162 Å². The second kappa shape index (κ2) is 19.0. The monoisotopic (exact) mass is 778 g/mol. The van der Waals surface area contributed by atoms with Gasteiger partial charge in [0.2, 0.25) is 6.29 Å². The van der Waals surface area contributed by atoms with Gasteiger partial charge in [-0.3, -0.25) is 0 Å². The summed E-state index contributed by atoms with van der Waals surface area (Å²) in [4.78, 5) is 36.0. The highest BCUT2D eigenvalue weighted by Crippen LogP contribution is 2.45. The highest BCUT2D eigenvalue weighted by Gasteiger charge is 2.27. The minimum atomic E-state index is -1.21. The molecule has 0 amide bonds. The van der Waals surface area contributed by atoms with Crippen molar-refractivity contribution in [3.63, 3.8) is 0 Å². The second-order valence-corrected chi connectivity index (χ2v) is 14.2. The van der Waals surface area contributed by atoms with Crippen molar-refractivity contribution in [1.29, 1.82) is 0 Å². The van der Waals surface area contributed by atoms with Gasteiger partial charge in [-0.15, -0.1) is 0 Å². The number of benzene rings is 5. The van der Waals surface area contributed by atoms with Crippen LogP contribution in [0.15, 0.2) is 140 Å². The molecule has 0 aliphatic heterocycles. The molecule has 5 aromatic rings. The Morgan fingerprint density at radius 1 is 0.707 bits per heavy atom. The van der Waals surface area contributed by atoms with E-state index < -0.39 is 18.2 Å².